The van der Waals surface area contributed by atoms with Gasteiger partial charge in [-0.3, -0.25) is 0 Å². The third kappa shape index (κ3) is 6.34. The molecule has 3 fully saturated rings. The summed E-state index contributed by atoms with van der Waals surface area (Å²) >= 11 is 0. The maximum absolute atomic E-state index is 7.19. The molecule has 0 spiro atoms. The van der Waals surface area contributed by atoms with E-state index >= 15 is 0 Å². The highest BCUT2D eigenvalue weighted by atomic mass is 28.4. The molecule has 222 valence electrons. The lowest BCUT2D eigenvalue weighted by molar-refractivity contribution is -0.0920. The van der Waals surface area contributed by atoms with E-state index in [1.54, 1.807) is 5.57 Å². The van der Waals surface area contributed by atoms with Crippen molar-refractivity contribution in [3.05, 3.63) is 36.2 Å². The van der Waals surface area contributed by atoms with Gasteiger partial charge in [-0.05, 0) is 117 Å². The first kappa shape index (κ1) is 31.5. The minimum atomic E-state index is -1.94. The molecule has 0 bridgehead atoms. The quantitative estimate of drug-likeness (QED) is 0.182. The highest BCUT2D eigenvalue weighted by Crippen LogP contribution is 2.68. The van der Waals surface area contributed by atoms with Crippen molar-refractivity contribution in [2.45, 2.75) is 137 Å². The van der Waals surface area contributed by atoms with E-state index in [4.69, 9.17) is 8.85 Å². The van der Waals surface area contributed by atoms with Crippen LogP contribution in [0.3, 0.4) is 0 Å². The van der Waals surface area contributed by atoms with Crippen molar-refractivity contribution in [3.63, 3.8) is 0 Å². The molecule has 0 heterocycles. The zero-order valence-electron chi connectivity index (χ0n) is 27.2. The Kier molecular flexibility index (Phi) is 9.44. The van der Waals surface area contributed by atoms with Crippen LogP contribution in [-0.2, 0) is 8.85 Å². The van der Waals surface area contributed by atoms with Gasteiger partial charge < -0.3 is 8.85 Å². The van der Waals surface area contributed by atoms with Gasteiger partial charge in [-0.1, -0.05) is 76.9 Å². The Hall–Kier alpha value is -0.426. The third-order valence-electron chi connectivity index (χ3n) is 12.2. The van der Waals surface area contributed by atoms with E-state index in [2.05, 4.69) is 91.4 Å². The summed E-state index contributed by atoms with van der Waals surface area (Å²) in [5.74, 6) is 4.69. The van der Waals surface area contributed by atoms with Crippen molar-refractivity contribution in [3.8, 4) is 0 Å². The normalized spacial score (nSPS) is 39.4. The predicted octanol–water partition coefficient (Wildman–Crippen LogP) is 10.3. The summed E-state index contributed by atoms with van der Waals surface area (Å²) in [5.41, 5.74) is 6.65. The fraction of sp³-hybridized carbons (Fsp3) is 0.829. The molecule has 0 radical (unpaired) electrons. The van der Waals surface area contributed by atoms with Gasteiger partial charge >= 0.3 is 0 Å². The lowest BCUT2D eigenvalue weighted by Gasteiger charge is -2.61. The lowest BCUT2D eigenvalue weighted by Crippen LogP contribution is -2.57. The fourth-order valence-corrected chi connectivity index (χ4v) is 11.9. The van der Waals surface area contributed by atoms with Gasteiger partial charge in [0.1, 0.15) is 0 Å². The van der Waals surface area contributed by atoms with Crippen LogP contribution in [0.5, 0.6) is 0 Å². The topological polar surface area (TPSA) is 18.5 Å². The molecule has 0 amide bonds. The Labute approximate surface area is 244 Å². The van der Waals surface area contributed by atoms with Gasteiger partial charge in [0.15, 0.2) is 0 Å². The van der Waals surface area contributed by atoms with Crippen LogP contribution in [0.25, 0.3) is 0 Å². The Bertz CT molecular complexity index is 922. The largest absolute Gasteiger partial charge is 0.410 e. The van der Waals surface area contributed by atoms with Crippen molar-refractivity contribution in [2.24, 2.45) is 46.3 Å². The van der Waals surface area contributed by atoms with Gasteiger partial charge in [0.2, 0.25) is 16.6 Å². The van der Waals surface area contributed by atoms with Crippen LogP contribution >= 0.6 is 0 Å². The molecule has 9 atom stereocenters. The molecule has 4 aliphatic rings. The van der Waals surface area contributed by atoms with Gasteiger partial charge in [0.25, 0.3) is 0 Å². The molecule has 0 aromatic rings. The number of hydrogen-bond acceptors (Lipinski definition) is 2. The lowest BCUT2D eigenvalue weighted by atomic mass is 9.46. The molecule has 0 aliphatic heterocycles. The zero-order valence-corrected chi connectivity index (χ0v) is 29.2. The van der Waals surface area contributed by atoms with Crippen LogP contribution < -0.4 is 0 Å². The minimum Gasteiger partial charge on any atom is -0.410 e. The van der Waals surface area contributed by atoms with Gasteiger partial charge in [-0.25, -0.2) is 0 Å². The Morgan fingerprint density at radius 3 is 2.21 bits per heavy atom. The van der Waals surface area contributed by atoms with E-state index in [0.29, 0.717) is 22.9 Å². The average Bonchev–Trinajstić information content (AvgIpc) is 3.21. The molecule has 0 N–H and O–H groups in total. The third-order valence-corrected chi connectivity index (χ3v) is 15.9. The average molecular weight is 571 g/mol. The van der Waals surface area contributed by atoms with Crippen LogP contribution in [0.4, 0.5) is 0 Å². The second-order valence-corrected chi connectivity index (χ2v) is 23.8. The number of rotatable bonds is 11. The molecule has 4 rings (SSSR count). The molecule has 4 heteroatoms. The van der Waals surface area contributed by atoms with Crippen molar-refractivity contribution in [2.75, 3.05) is 0 Å². The van der Waals surface area contributed by atoms with Crippen molar-refractivity contribution >= 4 is 16.6 Å². The van der Waals surface area contributed by atoms with Crippen molar-refractivity contribution in [1.29, 1.82) is 0 Å². The van der Waals surface area contributed by atoms with Gasteiger partial charge in [0, 0.05) is 6.10 Å². The van der Waals surface area contributed by atoms with E-state index in [9.17, 15) is 0 Å². The Morgan fingerprint density at radius 2 is 1.56 bits per heavy atom. The summed E-state index contributed by atoms with van der Waals surface area (Å²) in [6, 6.07) is 0. The van der Waals surface area contributed by atoms with E-state index < -0.39 is 16.6 Å². The summed E-state index contributed by atoms with van der Waals surface area (Å²) < 4.78 is 13.9. The molecule has 2 nitrogen and oxygen atoms in total. The molecular weight excluding hydrogens is 509 g/mol. The Balaban J connectivity index is 1.63. The second kappa shape index (κ2) is 11.7. The van der Waals surface area contributed by atoms with Crippen LogP contribution in [0, 0.1) is 46.3 Å². The van der Waals surface area contributed by atoms with Crippen molar-refractivity contribution < 1.29 is 8.85 Å². The van der Waals surface area contributed by atoms with Crippen LogP contribution in [0.1, 0.15) is 98.8 Å². The molecule has 0 aromatic heterocycles. The van der Waals surface area contributed by atoms with Crippen LogP contribution in [-0.4, -0.2) is 28.8 Å². The van der Waals surface area contributed by atoms with E-state index in [0.717, 1.165) is 36.0 Å². The predicted molar refractivity (Wildman–Crippen MR) is 174 cm³/mol. The summed E-state index contributed by atoms with van der Waals surface area (Å²) in [4.78, 5) is 0. The van der Waals surface area contributed by atoms with Gasteiger partial charge in [0.05, 0.1) is 6.10 Å². The number of fused-ring (bicyclic) bond motifs is 5. The van der Waals surface area contributed by atoms with Crippen LogP contribution in [0.2, 0.25) is 26.2 Å². The zero-order chi connectivity index (χ0) is 28.8. The highest BCUT2D eigenvalue weighted by Gasteiger charge is 2.61. The molecule has 0 aromatic carbocycles. The molecule has 3 saturated carbocycles. The molecule has 2 unspecified atom stereocenters. The van der Waals surface area contributed by atoms with E-state index in [1.807, 2.05) is 0 Å². The van der Waals surface area contributed by atoms with E-state index in [1.165, 1.54) is 57.8 Å². The smallest absolute Gasteiger partial charge is 0.211 e. The first-order valence-corrected chi connectivity index (χ1v) is 22.5. The molecule has 4 aliphatic carbocycles. The summed E-state index contributed by atoms with van der Waals surface area (Å²) in [6.07, 6.45) is 16.5. The van der Waals surface area contributed by atoms with Crippen molar-refractivity contribution in [1.82, 2.24) is 0 Å². The summed E-state index contributed by atoms with van der Waals surface area (Å²) in [6.45, 7) is 30.2. The SMILES string of the molecule is C=C[Si](C)(C)O[C@H]1CC[C@@]2(C)C(=C[C@@H](O[Si](C)(C)C=C)C3C4CC[C@H]([C@H](C)CCCC(C)C)[C@@]4(C)CC[C@@H]32)C1. The first-order valence-electron chi connectivity index (χ1n) is 16.5. The van der Waals surface area contributed by atoms with Crippen LogP contribution in [0.15, 0.2) is 36.2 Å². The molecular formula is C35H62O2Si2. The maximum atomic E-state index is 7.19. The standard InChI is InChI=1S/C35H62O2Si2/c1-12-38(8,9)36-28-19-21-34(6)27(23-28)24-32(37-39(10,11)13-2)33-30-18-17-29(26(5)16-14-15-25(3)4)35(30,7)22-20-31(33)34/h12-13,24-26,28-33H,1-2,14-23H2,3-11H3/t26-,28+,29-,30?,31+,32-,33?,34+,35-/m1/s1. The first-order chi connectivity index (χ1) is 18.2. The summed E-state index contributed by atoms with van der Waals surface area (Å²) in [5, 5.41) is 0. The van der Waals surface area contributed by atoms with Gasteiger partial charge in [-0.2, -0.15) is 0 Å². The molecule has 0 saturated heterocycles. The number of hydrogen-bond donors (Lipinski definition) is 0. The fourth-order valence-electron chi connectivity index (χ4n) is 9.70. The maximum Gasteiger partial charge on any atom is 0.211 e. The highest BCUT2D eigenvalue weighted by molar-refractivity contribution is 6.76. The monoisotopic (exact) mass is 570 g/mol. The van der Waals surface area contributed by atoms with E-state index in [-0.39, 0.29) is 6.10 Å². The molecule has 39 heavy (non-hydrogen) atoms. The van der Waals surface area contributed by atoms with Gasteiger partial charge in [-0.15, -0.1) is 13.2 Å². The Morgan fingerprint density at radius 1 is 0.897 bits per heavy atom. The minimum absolute atomic E-state index is 0.237. The summed E-state index contributed by atoms with van der Waals surface area (Å²) in [7, 11) is -3.74. The second-order valence-electron chi connectivity index (χ2n) is 16.1.